The minimum absolute atomic E-state index is 0.103. The molecule has 2 atom stereocenters. The molecule has 1 aliphatic carbocycles. The van der Waals surface area contributed by atoms with Crippen molar-refractivity contribution in [2.24, 2.45) is 5.92 Å². The van der Waals surface area contributed by atoms with Crippen LogP contribution in [0.2, 0.25) is 0 Å². The van der Waals surface area contributed by atoms with Crippen LogP contribution in [0.1, 0.15) is 51.5 Å². The Morgan fingerprint density at radius 1 is 1.33 bits per heavy atom. The first kappa shape index (κ1) is 15.9. The molecule has 2 rings (SSSR count). The summed E-state index contributed by atoms with van der Waals surface area (Å²) >= 11 is 0. The highest BCUT2D eigenvalue weighted by Crippen LogP contribution is 2.29. The van der Waals surface area contributed by atoms with E-state index in [1.165, 1.54) is 43.4 Å². The fourth-order valence-corrected chi connectivity index (χ4v) is 3.25. The second-order valence-corrected chi connectivity index (χ2v) is 6.28. The van der Waals surface area contributed by atoms with E-state index in [1.807, 2.05) is 7.05 Å². The summed E-state index contributed by atoms with van der Waals surface area (Å²) in [6, 6.07) is 9.09. The molecule has 21 heavy (non-hydrogen) atoms. The first-order chi connectivity index (χ1) is 10.1. The van der Waals surface area contributed by atoms with Gasteiger partial charge in [0, 0.05) is 32.2 Å². The third kappa shape index (κ3) is 4.48. The molecule has 1 amide bonds. The molecular formula is C18H28N2O. The van der Waals surface area contributed by atoms with Gasteiger partial charge in [0.1, 0.15) is 0 Å². The smallest absolute Gasteiger partial charge is 0.219 e. The second kappa shape index (κ2) is 7.48. The Morgan fingerprint density at radius 2 is 2.10 bits per heavy atom. The predicted octanol–water partition coefficient (Wildman–Crippen LogP) is 4.05. The van der Waals surface area contributed by atoms with E-state index in [-0.39, 0.29) is 5.91 Å². The van der Waals surface area contributed by atoms with Crippen LogP contribution in [0.4, 0.5) is 5.69 Å². The Bertz CT molecular complexity index is 472. The van der Waals surface area contributed by atoms with Gasteiger partial charge in [-0.25, -0.2) is 0 Å². The number of hydrogen-bond acceptors (Lipinski definition) is 2. The molecule has 1 aromatic rings. The Labute approximate surface area is 128 Å². The van der Waals surface area contributed by atoms with Gasteiger partial charge in [0.15, 0.2) is 0 Å². The number of nitrogens with zero attached hydrogens (tertiary/aromatic N) is 1. The van der Waals surface area contributed by atoms with Gasteiger partial charge in [-0.1, -0.05) is 38.3 Å². The monoisotopic (exact) mass is 288 g/mol. The molecule has 0 radical (unpaired) electrons. The lowest BCUT2D eigenvalue weighted by Crippen LogP contribution is -2.31. The van der Waals surface area contributed by atoms with Crippen LogP contribution in [0.15, 0.2) is 24.3 Å². The van der Waals surface area contributed by atoms with E-state index in [2.05, 4.69) is 36.5 Å². The lowest BCUT2D eigenvalue weighted by atomic mass is 9.83. The lowest BCUT2D eigenvalue weighted by molar-refractivity contribution is -0.128. The van der Waals surface area contributed by atoms with E-state index in [4.69, 9.17) is 0 Å². The highest BCUT2D eigenvalue weighted by molar-refractivity contribution is 5.72. The van der Waals surface area contributed by atoms with E-state index >= 15 is 0 Å². The summed E-state index contributed by atoms with van der Waals surface area (Å²) in [5.74, 6) is 0.897. The molecule has 0 heterocycles. The average Bonchev–Trinajstić information content (AvgIpc) is 2.48. The Hall–Kier alpha value is -1.51. The highest BCUT2D eigenvalue weighted by atomic mass is 16.2. The van der Waals surface area contributed by atoms with Gasteiger partial charge in [-0.3, -0.25) is 4.79 Å². The Morgan fingerprint density at radius 3 is 2.81 bits per heavy atom. The van der Waals surface area contributed by atoms with E-state index in [9.17, 15) is 4.79 Å². The molecule has 1 aliphatic rings. The zero-order valence-corrected chi connectivity index (χ0v) is 13.6. The van der Waals surface area contributed by atoms with Crippen molar-refractivity contribution in [2.75, 3.05) is 12.4 Å². The first-order valence-corrected chi connectivity index (χ1v) is 8.17. The molecule has 0 spiro atoms. The fourth-order valence-electron chi connectivity index (χ4n) is 3.25. The number of carbonyl (C=O) groups excluding carboxylic acids is 1. The minimum atomic E-state index is 0.103. The lowest BCUT2D eigenvalue weighted by Gasteiger charge is -2.32. The largest absolute Gasteiger partial charge is 0.382 e. The van der Waals surface area contributed by atoms with Gasteiger partial charge >= 0.3 is 0 Å². The molecule has 0 bridgehead atoms. The summed E-state index contributed by atoms with van der Waals surface area (Å²) in [6.07, 6.45) is 6.59. The van der Waals surface area contributed by atoms with Gasteiger partial charge in [0.2, 0.25) is 5.91 Å². The Kier molecular flexibility index (Phi) is 5.66. The van der Waals surface area contributed by atoms with Crippen molar-refractivity contribution in [2.45, 2.75) is 58.5 Å². The van der Waals surface area contributed by atoms with Crippen molar-refractivity contribution < 1.29 is 4.79 Å². The van der Waals surface area contributed by atoms with Gasteiger partial charge in [-0.15, -0.1) is 0 Å². The topological polar surface area (TPSA) is 32.3 Å². The third-order valence-electron chi connectivity index (χ3n) is 4.67. The minimum Gasteiger partial charge on any atom is -0.382 e. The van der Waals surface area contributed by atoms with Gasteiger partial charge in [-0.05, 0) is 36.5 Å². The van der Waals surface area contributed by atoms with Gasteiger partial charge < -0.3 is 10.2 Å². The molecule has 0 aromatic heterocycles. The summed E-state index contributed by atoms with van der Waals surface area (Å²) in [5.41, 5.74) is 2.37. The SMILES string of the molecule is CCC1CCCCC1Nc1cccc(CN(C)C(C)=O)c1. The standard InChI is InChI=1S/C18H28N2O/c1-4-16-9-5-6-11-18(16)19-17-10-7-8-15(12-17)13-20(3)14(2)21/h7-8,10,12,16,18-19H,4-6,9,11,13H2,1-3H3. The molecule has 116 valence electrons. The number of nitrogens with one attached hydrogen (secondary N) is 1. The maximum atomic E-state index is 11.3. The van der Waals surface area contributed by atoms with Crippen LogP contribution in [-0.4, -0.2) is 23.9 Å². The van der Waals surface area contributed by atoms with Crippen LogP contribution in [0.25, 0.3) is 0 Å². The van der Waals surface area contributed by atoms with Crippen molar-refractivity contribution in [1.82, 2.24) is 4.90 Å². The maximum Gasteiger partial charge on any atom is 0.219 e. The predicted molar refractivity (Wildman–Crippen MR) is 88.2 cm³/mol. The molecule has 3 heteroatoms. The van der Waals surface area contributed by atoms with E-state index in [0.29, 0.717) is 12.6 Å². The van der Waals surface area contributed by atoms with Crippen molar-refractivity contribution in [3.05, 3.63) is 29.8 Å². The quantitative estimate of drug-likeness (QED) is 0.886. The molecule has 2 unspecified atom stereocenters. The molecule has 1 fully saturated rings. The fraction of sp³-hybridized carbons (Fsp3) is 0.611. The number of benzene rings is 1. The molecular weight excluding hydrogens is 260 g/mol. The summed E-state index contributed by atoms with van der Waals surface area (Å²) in [4.78, 5) is 13.1. The van der Waals surface area contributed by atoms with E-state index in [1.54, 1.807) is 11.8 Å². The maximum absolute atomic E-state index is 11.3. The average molecular weight is 288 g/mol. The van der Waals surface area contributed by atoms with Gasteiger partial charge in [0.05, 0.1) is 0 Å². The van der Waals surface area contributed by atoms with Gasteiger partial charge in [-0.2, -0.15) is 0 Å². The number of rotatable bonds is 5. The van der Waals surface area contributed by atoms with Crippen molar-refractivity contribution in [3.8, 4) is 0 Å². The van der Waals surface area contributed by atoms with Crippen LogP contribution in [-0.2, 0) is 11.3 Å². The normalized spacial score (nSPS) is 21.9. The van der Waals surface area contributed by atoms with Crippen LogP contribution < -0.4 is 5.32 Å². The summed E-state index contributed by atoms with van der Waals surface area (Å²) < 4.78 is 0. The van der Waals surface area contributed by atoms with Gasteiger partial charge in [0.25, 0.3) is 0 Å². The van der Waals surface area contributed by atoms with Crippen molar-refractivity contribution in [3.63, 3.8) is 0 Å². The van der Waals surface area contributed by atoms with Crippen LogP contribution in [0.3, 0.4) is 0 Å². The number of anilines is 1. The molecule has 1 aromatic carbocycles. The zero-order valence-electron chi connectivity index (χ0n) is 13.6. The van der Waals surface area contributed by atoms with E-state index < -0.39 is 0 Å². The zero-order chi connectivity index (χ0) is 15.2. The highest BCUT2D eigenvalue weighted by Gasteiger charge is 2.23. The number of amides is 1. The summed E-state index contributed by atoms with van der Waals surface area (Å²) in [6.45, 7) is 4.58. The first-order valence-electron chi connectivity index (χ1n) is 8.17. The number of carbonyl (C=O) groups is 1. The van der Waals surface area contributed by atoms with E-state index in [0.717, 1.165) is 5.92 Å². The van der Waals surface area contributed by atoms with Crippen LogP contribution in [0, 0.1) is 5.92 Å². The molecule has 0 saturated heterocycles. The molecule has 0 aliphatic heterocycles. The van der Waals surface area contributed by atoms with Crippen LogP contribution in [0.5, 0.6) is 0 Å². The summed E-state index contributed by atoms with van der Waals surface area (Å²) in [7, 11) is 1.84. The second-order valence-electron chi connectivity index (χ2n) is 6.28. The van der Waals surface area contributed by atoms with Crippen LogP contribution >= 0.6 is 0 Å². The molecule has 1 N–H and O–H groups in total. The van der Waals surface area contributed by atoms with Crippen molar-refractivity contribution >= 4 is 11.6 Å². The number of hydrogen-bond donors (Lipinski definition) is 1. The molecule has 3 nitrogen and oxygen atoms in total. The third-order valence-corrected chi connectivity index (χ3v) is 4.67. The summed E-state index contributed by atoms with van der Waals surface area (Å²) in [5, 5.41) is 3.72. The molecule has 1 saturated carbocycles. The Balaban J connectivity index is 2.01. The van der Waals surface area contributed by atoms with Crippen molar-refractivity contribution in [1.29, 1.82) is 0 Å².